The van der Waals surface area contributed by atoms with Crippen LogP contribution in [-0.4, -0.2) is 16.7 Å². The standard InChI is InChI=1S/C9H9Br2N3OS/c10-6-4-5(8(11)16-6)9-14-13-7(15-9)2-1-3-12/h4H,1-3,12H2. The van der Waals surface area contributed by atoms with Gasteiger partial charge in [-0.1, -0.05) is 0 Å². The van der Waals surface area contributed by atoms with Gasteiger partial charge < -0.3 is 10.2 Å². The minimum Gasteiger partial charge on any atom is -0.421 e. The molecule has 0 radical (unpaired) electrons. The van der Waals surface area contributed by atoms with Crippen molar-refractivity contribution >= 4 is 43.2 Å². The zero-order chi connectivity index (χ0) is 11.5. The van der Waals surface area contributed by atoms with E-state index in [0.717, 1.165) is 26.0 Å². The van der Waals surface area contributed by atoms with Gasteiger partial charge in [-0.15, -0.1) is 21.5 Å². The molecular weight excluding hydrogens is 358 g/mol. The molecule has 2 aromatic rings. The van der Waals surface area contributed by atoms with Gasteiger partial charge in [0.15, 0.2) is 0 Å². The molecule has 2 rings (SSSR count). The minimum absolute atomic E-state index is 0.542. The molecule has 0 bridgehead atoms. The first kappa shape index (κ1) is 12.2. The average molecular weight is 367 g/mol. The fraction of sp³-hybridized carbons (Fsp3) is 0.333. The van der Waals surface area contributed by atoms with Crippen molar-refractivity contribution in [3.8, 4) is 11.5 Å². The Bertz CT molecular complexity index is 483. The third-order valence-corrected chi connectivity index (χ3v) is 4.29. The van der Waals surface area contributed by atoms with Crippen molar-refractivity contribution in [3.05, 3.63) is 19.5 Å². The van der Waals surface area contributed by atoms with Gasteiger partial charge in [-0.3, -0.25) is 0 Å². The molecule has 0 spiro atoms. The van der Waals surface area contributed by atoms with Crippen LogP contribution in [0.4, 0.5) is 0 Å². The summed E-state index contributed by atoms with van der Waals surface area (Å²) < 4.78 is 7.55. The van der Waals surface area contributed by atoms with Gasteiger partial charge in [0.25, 0.3) is 0 Å². The Morgan fingerprint density at radius 3 is 2.81 bits per heavy atom. The summed E-state index contributed by atoms with van der Waals surface area (Å²) in [5, 5.41) is 7.99. The second-order valence-corrected chi connectivity index (χ2v) is 6.88. The highest BCUT2D eigenvalue weighted by atomic mass is 79.9. The average Bonchev–Trinajstić information content (AvgIpc) is 2.82. The van der Waals surface area contributed by atoms with Crippen molar-refractivity contribution < 1.29 is 4.42 Å². The van der Waals surface area contributed by atoms with Gasteiger partial charge in [0, 0.05) is 6.42 Å². The zero-order valence-corrected chi connectivity index (χ0v) is 12.2. The lowest BCUT2D eigenvalue weighted by Crippen LogP contribution is -2.00. The molecule has 2 aromatic heterocycles. The second-order valence-electron chi connectivity index (χ2n) is 3.13. The Labute approximate surface area is 114 Å². The van der Waals surface area contributed by atoms with Crippen LogP contribution >= 0.6 is 43.2 Å². The molecule has 7 heteroatoms. The summed E-state index contributed by atoms with van der Waals surface area (Å²) in [5.74, 6) is 1.18. The third-order valence-electron chi connectivity index (χ3n) is 1.95. The molecule has 4 nitrogen and oxygen atoms in total. The van der Waals surface area contributed by atoms with Crippen molar-refractivity contribution in [2.45, 2.75) is 12.8 Å². The summed E-state index contributed by atoms with van der Waals surface area (Å²) in [7, 11) is 0. The SMILES string of the molecule is NCCCc1nnc(-c2cc(Br)sc2Br)o1. The van der Waals surface area contributed by atoms with Crippen LogP contribution in [0.1, 0.15) is 12.3 Å². The van der Waals surface area contributed by atoms with Crippen molar-refractivity contribution in [1.29, 1.82) is 0 Å². The van der Waals surface area contributed by atoms with E-state index in [2.05, 4.69) is 42.1 Å². The summed E-state index contributed by atoms with van der Waals surface area (Å²) in [5.41, 5.74) is 6.34. The normalized spacial score (nSPS) is 10.9. The fourth-order valence-electron chi connectivity index (χ4n) is 1.20. The summed E-state index contributed by atoms with van der Waals surface area (Å²) in [6.07, 6.45) is 1.59. The van der Waals surface area contributed by atoms with Crippen LogP contribution in [0.5, 0.6) is 0 Å². The molecule has 0 saturated carbocycles. The highest BCUT2D eigenvalue weighted by Crippen LogP contribution is 2.37. The lowest BCUT2D eigenvalue weighted by molar-refractivity contribution is 0.499. The Kier molecular flexibility index (Phi) is 4.12. The first-order valence-corrected chi connectivity index (χ1v) is 7.08. The number of thiophene rings is 1. The Hall–Kier alpha value is -0.240. The molecule has 86 valence electrons. The molecule has 0 aliphatic heterocycles. The molecule has 0 aromatic carbocycles. The lowest BCUT2D eigenvalue weighted by Gasteiger charge is -1.91. The number of nitrogens with two attached hydrogens (primary N) is 1. The summed E-state index contributed by atoms with van der Waals surface area (Å²) in [4.78, 5) is 0. The number of aromatic nitrogens is 2. The predicted molar refractivity (Wildman–Crippen MR) is 70.4 cm³/mol. The van der Waals surface area contributed by atoms with Crippen LogP contribution in [0, 0.1) is 0 Å². The molecule has 0 unspecified atom stereocenters. The first-order chi connectivity index (χ1) is 7.70. The Morgan fingerprint density at radius 2 is 2.19 bits per heavy atom. The molecule has 0 saturated heterocycles. The number of aryl methyl sites for hydroxylation is 1. The smallest absolute Gasteiger partial charge is 0.249 e. The first-order valence-electron chi connectivity index (χ1n) is 4.68. The molecule has 2 heterocycles. The molecule has 0 aliphatic carbocycles. The summed E-state index contributed by atoms with van der Waals surface area (Å²) >= 11 is 8.44. The van der Waals surface area contributed by atoms with Crippen LogP contribution in [0.15, 0.2) is 18.1 Å². The van der Waals surface area contributed by atoms with Gasteiger partial charge in [0.05, 0.1) is 13.1 Å². The van der Waals surface area contributed by atoms with Gasteiger partial charge in [-0.2, -0.15) is 0 Å². The second kappa shape index (κ2) is 5.39. The molecule has 2 N–H and O–H groups in total. The van der Waals surface area contributed by atoms with E-state index in [1.54, 1.807) is 11.3 Å². The van der Waals surface area contributed by atoms with Gasteiger partial charge in [0.1, 0.15) is 0 Å². The number of halogens is 2. The maximum atomic E-state index is 5.54. The molecule has 0 atom stereocenters. The monoisotopic (exact) mass is 365 g/mol. The highest BCUT2D eigenvalue weighted by molar-refractivity contribution is 9.12. The van der Waals surface area contributed by atoms with Crippen molar-refractivity contribution in [2.75, 3.05) is 6.54 Å². The highest BCUT2D eigenvalue weighted by Gasteiger charge is 2.14. The van der Waals surface area contributed by atoms with E-state index in [0.29, 0.717) is 18.3 Å². The number of nitrogens with zero attached hydrogens (tertiary/aromatic N) is 2. The van der Waals surface area contributed by atoms with Gasteiger partial charge in [-0.25, -0.2) is 0 Å². The van der Waals surface area contributed by atoms with Crippen LogP contribution in [0.3, 0.4) is 0 Å². The van der Waals surface area contributed by atoms with E-state index < -0.39 is 0 Å². The van der Waals surface area contributed by atoms with Crippen LogP contribution < -0.4 is 5.73 Å². The molecule has 0 fully saturated rings. The van der Waals surface area contributed by atoms with Gasteiger partial charge in [0.2, 0.25) is 11.8 Å². The van der Waals surface area contributed by atoms with Crippen molar-refractivity contribution in [1.82, 2.24) is 10.2 Å². The fourth-order valence-corrected chi connectivity index (χ4v) is 3.98. The quantitative estimate of drug-likeness (QED) is 0.902. The maximum absolute atomic E-state index is 5.54. The third kappa shape index (κ3) is 2.71. The van der Waals surface area contributed by atoms with Crippen LogP contribution in [0.25, 0.3) is 11.5 Å². The zero-order valence-electron chi connectivity index (χ0n) is 8.24. The van der Waals surface area contributed by atoms with E-state index in [-0.39, 0.29) is 0 Å². The van der Waals surface area contributed by atoms with E-state index in [4.69, 9.17) is 10.2 Å². The summed E-state index contributed by atoms with van der Waals surface area (Å²) in [6, 6.07) is 1.95. The maximum Gasteiger partial charge on any atom is 0.249 e. The van der Waals surface area contributed by atoms with Crippen molar-refractivity contribution in [3.63, 3.8) is 0 Å². The van der Waals surface area contributed by atoms with E-state index >= 15 is 0 Å². The van der Waals surface area contributed by atoms with Crippen LogP contribution in [0.2, 0.25) is 0 Å². The lowest BCUT2D eigenvalue weighted by atomic mass is 10.3. The number of hydrogen-bond donors (Lipinski definition) is 1. The largest absolute Gasteiger partial charge is 0.421 e. The predicted octanol–water partition coefficient (Wildman–Crippen LogP) is 3.21. The molecule has 0 amide bonds. The molecule has 0 aliphatic rings. The van der Waals surface area contributed by atoms with E-state index in [9.17, 15) is 0 Å². The van der Waals surface area contributed by atoms with Crippen molar-refractivity contribution in [2.24, 2.45) is 5.73 Å². The van der Waals surface area contributed by atoms with E-state index in [1.807, 2.05) is 6.07 Å². The van der Waals surface area contributed by atoms with Gasteiger partial charge >= 0.3 is 0 Å². The minimum atomic E-state index is 0.542. The van der Waals surface area contributed by atoms with Gasteiger partial charge in [-0.05, 0) is 50.9 Å². The Balaban J connectivity index is 2.21. The number of hydrogen-bond acceptors (Lipinski definition) is 5. The Morgan fingerprint density at radius 1 is 1.38 bits per heavy atom. The number of rotatable bonds is 4. The molecular formula is C9H9Br2N3OS. The van der Waals surface area contributed by atoms with E-state index in [1.165, 1.54) is 0 Å². The summed E-state index contributed by atoms with van der Waals surface area (Å²) in [6.45, 7) is 0.630. The topological polar surface area (TPSA) is 64.9 Å². The molecule has 16 heavy (non-hydrogen) atoms. The van der Waals surface area contributed by atoms with Crippen LogP contribution in [-0.2, 0) is 6.42 Å².